The molecular weight excluding hydrogens is 287 g/mol. The van der Waals surface area contributed by atoms with E-state index in [1.165, 1.54) is 0 Å². The molecular formula is C13H16BrClO. The van der Waals surface area contributed by atoms with Crippen LogP contribution in [0.3, 0.4) is 0 Å². The van der Waals surface area contributed by atoms with Crippen molar-refractivity contribution in [3.63, 3.8) is 0 Å². The standard InChI is InChI=1S/C13H16BrClO/c1-10-6-5-7-11(15)13(10)12(16)8-3-2-4-9-14/h5-7H,2-4,8-9H2,1H3. The molecule has 16 heavy (non-hydrogen) atoms. The first-order valence-corrected chi connectivity index (χ1v) is 7.01. The number of benzene rings is 1. The van der Waals surface area contributed by atoms with Gasteiger partial charge in [0.2, 0.25) is 0 Å². The topological polar surface area (TPSA) is 17.1 Å². The Bertz CT molecular complexity index is 343. The molecule has 0 atom stereocenters. The summed E-state index contributed by atoms with van der Waals surface area (Å²) in [6, 6.07) is 5.58. The van der Waals surface area contributed by atoms with E-state index in [2.05, 4.69) is 15.9 Å². The van der Waals surface area contributed by atoms with Crippen molar-refractivity contribution in [1.82, 2.24) is 0 Å². The predicted octanol–water partition coefficient (Wildman–Crippen LogP) is 4.79. The average molecular weight is 304 g/mol. The molecule has 0 aliphatic heterocycles. The third-order valence-corrected chi connectivity index (χ3v) is 3.41. The van der Waals surface area contributed by atoms with Crippen LogP contribution in [0.2, 0.25) is 5.02 Å². The number of carbonyl (C=O) groups is 1. The molecule has 88 valence electrons. The third kappa shape index (κ3) is 3.91. The second-order valence-corrected chi connectivity index (χ2v) is 5.05. The van der Waals surface area contributed by atoms with E-state index in [9.17, 15) is 4.79 Å². The van der Waals surface area contributed by atoms with Gasteiger partial charge in [-0.3, -0.25) is 4.79 Å². The highest BCUT2D eigenvalue weighted by atomic mass is 79.9. The SMILES string of the molecule is Cc1cccc(Cl)c1C(=O)CCCCCBr. The van der Waals surface area contributed by atoms with E-state index in [-0.39, 0.29) is 5.78 Å². The number of aryl methyl sites for hydroxylation is 1. The second-order valence-electron chi connectivity index (χ2n) is 3.85. The summed E-state index contributed by atoms with van der Waals surface area (Å²) in [7, 11) is 0. The van der Waals surface area contributed by atoms with E-state index in [1.807, 2.05) is 19.1 Å². The molecule has 1 rings (SSSR count). The van der Waals surface area contributed by atoms with Crippen molar-refractivity contribution in [2.75, 3.05) is 5.33 Å². The molecule has 0 unspecified atom stereocenters. The monoisotopic (exact) mass is 302 g/mol. The fourth-order valence-electron chi connectivity index (χ4n) is 1.67. The summed E-state index contributed by atoms with van der Waals surface area (Å²) in [6.07, 6.45) is 3.74. The minimum absolute atomic E-state index is 0.165. The lowest BCUT2D eigenvalue weighted by atomic mass is 10.0. The van der Waals surface area contributed by atoms with Crippen LogP contribution < -0.4 is 0 Å². The van der Waals surface area contributed by atoms with Crippen molar-refractivity contribution in [2.24, 2.45) is 0 Å². The highest BCUT2D eigenvalue weighted by molar-refractivity contribution is 9.09. The molecule has 0 spiro atoms. The zero-order chi connectivity index (χ0) is 12.0. The Morgan fingerprint density at radius 2 is 2.06 bits per heavy atom. The maximum atomic E-state index is 12.0. The van der Waals surface area contributed by atoms with Gasteiger partial charge in [0, 0.05) is 17.3 Å². The number of rotatable bonds is 6. The van der Waals surface area contributed by atoms with Gasteiger partial charge in [0.1, 0.15) is 0 Å². The van der Waals surface area contributed by atoms with Crippen LogP contribution in [0.5, 0.6) is 0 Å². The van der Waals surface area contributed by atoms with Crippen LogP contribution in [0, 0.1) is 6.92 Å². The summed E-state index contributed by atoms with van der Waals surface area (Å²) in [5, 5.41) is 1.58. The van der Waals surface area contributed by atoms with E-state index < -0.39 is 0 Å². The lowest BCUT2D eigenvalue weighted by molar-refractivity contribution is 0.0979. The molecule has 0 heterocycles. The van der Waals surface area contributed by atoms with E-state index in [0.717, 1.165) is 30.2 Å². The van der Waals surface area contributed by atoms with Gasteiger partial charge in [0.05, 0.1) is 5.02 Å². The summed E-state index contributed by atoms with van der Waals surface area (Å²) in [5.41, 5.74) is 1.67. The van der Waals surface area contributed by atoms with E-state index in [4.69, 9.17) is 11.6 Å². The molecule has 0 amide bonds. The Morgan fingerprint density at radius 3 is 2.69 bits per heavy atom. The Hall–Kier alpha value is -0.340. The number of unbranched alkanes of at least 4 members (excludes halogenated alkanes) is 2. The third-order valence-electron chi connectivity index (χ3n) is 2.54. The molecule has 0 bridgehead atoms. The molecule has 0 aliphatic rings. The van der Waals surface area contributed by atoms with Crippen molar-refractivity contribution in [3.8, 4) is 0 Å². The van der Waals surface area contributed by atoms with Gasteiger partial charge in [-0.05, 0) is 31.4 Å². The highest BCUT2D eigenvalue weighted by Gasteiger charge is 2.12. The van der Waals surface area contributed by atoms with E-state index in [0.29, 0.717) is 17.0 Å². The van der Waals surface area contributed by atoms with Crippen LogP contribution in [0.15, 0.2) is 18.2 Å². The number of hydrogen-bond acceptors (Lipinski definition) is 1. The maximum Gasteiger partial charge on any atom is 0.164 e. The first-order chi connectivity index (χ1) is 7.66. The van der Waals surface area contributed by atoms with Crippen LogP contribution in [-0.2, 0) is 0 Å². The molecule has 0 aliphatic carbocycles. The van der Waals surface area contributed by atoms with Gasteiger partial charge in [-0.1, -0.05) is 46.1 Å². The van der Waals surface area contributed by atoms with Gasteiger partial charge in [-0.2, -0.15) is 0 Å². The lowest BCUT2D eigenvalue weighted by Crippen LogP contribution is -2.02. The van der Waals surface area contributed by atoms with Gasteiger partial charge in [-0.15, -0.1) is 0 Å². The number of alkyl halides is 1. The van der Waals surface area contributed by atoms with Gasteiger partial charge in [0.15, 0.2) is 5.78 Å². The zero-order valence-corrected chi connectivity index (χ0v) is 11.8. The van der Waals surface area contributed by atoms with Crippen molar-refractivity contribution < 1.29 is 4.79 Å². The highest BCUT2D eigenvalue weighted by Crippen LogP contribution is 2.22. The minimum Gasteiger partial charge on any atom is -0.294 e. The molecule has 0 aromatic heterocycles. The fourth-order valence-corrected chi connectivity index (χ4v) is 2.39. The maximum absolute atomic E-state index is 12.0. The number of ketones is 1. The van der Waals surface area contributed by atoms with Crippen molar-refractivity contribution >= 4 is 33.3 Å². The van der Waals surface area contributed by atoms with Crippen molar-refractivity contribution in [1.29, 1.82) is 0 Å². The molecule has 0 fully saturated rings. The van der Waals surface area contributed by atoms with Gasteiger partial charge in [0.25, 0.3) is 0 Å². The summed E-state index contributed by atoms with van der Waals surface area (Å²) in [6.45, 7) is 1.93. The smallest absolute Gasteiger partial charge is 0.164 e. The van der Waals surface area contributed by atoms with Crippen LogP contribution in [0.4, 0.5) is 0 Å². The van der Waals surface area contributed by atoms with Crippen molar-refractivity contribution in [2.45, 2.75) is 32.6 Å². The molecule has 0 saturated heterocycles. The number of Topliss-reactive ketones (excluding diaryl/α,β-unsaturated/α-hetero) is 1. The van der Waals surface area contributed by atoms with E-state index >= 15 is 0 Å². The fraction of sp³-hybridized carbons (Fsp3) is 0.462. The predicted molar refractivity (Wildman–Crippen MR) is 72.8 cm³/mol. The number of carbonyl (C=O) groups excluding carboxylic acids is 1. The molecule has 3 heteroatoms. The van der Waals surface area contributed by atoms with Crippen LogP contribution in [0.25, 0.3) is 0 Å². The van der Waals surface area contributed by atoms with Crippen LogP contribution in [-0.4, -0.2) is 11.1 Å². The molecule has 0 radical (unpaired) electrons. The Balaban J connectivity index is 2.59. The Morgan fingerprint density at radius 1 is 1.31 bits per heavy atom. The first kappa shape index (κ1) is 13.7. The zero-order valence-electron chi connectivity index (χ0n) is 9.43. The number of hydrogen-bond donors (Lipinski definition) is 0. The first-order valence-electron chi connectivity index (χ1n) is 5.51. The minimum atomic E-state index is 0.165. The van der Waals surface area contributed by atoms with Gasteiger partial charge >= 0.3 is 0 Å². The molecule has 1 nitrogen and oxygen atoms in total. The molecule has 0 saturated carbocycles. The summed E-state index contributed by atoms with van der Waals surface area (Å²) < 4.78 is 0. The second kappa shape index (κ2) is 7.08. The van der Waals surface area contributed by atoms with Gasteiger partial charge < -0.3 is 0 Å². The summed E-state index contributed by atoms with van der Waals surface area (Å²) in [4.78, 5) is 12.0. The van der Waals surface area contributed by atoms with Crippen molar-refractivity contribution in [3.05, 3.63) is 34.3 Å². The van der Waals surface area contributed by atoms with E-state index in [1.54, 1.807) is 6.07 Å². The Kier molecular flexibility index (Phi) is 6.07. The number of halogens is 2. The average Bonchev–Trinajstić information content (AvgIpc) is 2.24. The lowest BCUT2D eigenvalue weighted by Gasteiger charge is -2.06. The Labute approximate surface area is 110 Å². The summed E-state index contributed by atoms with van der Waals surface area (Å²) >= 11 is 9.41. The quantitative estimate of drug-likeness (QED) is 0.420. The molecule has 1 aromatic carbocycles. The normalized spacial score (nSPS) is 10.4. The summed E-state index contributed by atoms with van der Waals surface area (Å²) in [5.74, 6) is 0.165. The van der Waals surface area contributed by atoms with Crippen LogP contribution >= 0.6 is 27.5 Å². The molecule has 1 aromatic rings. The molecule has 0 N–H and O–H groups in total. The van der Waals surface area contributed by atoms with Gasteiger partial charge in [-0.25, -0.2) is 0 Å². The van der Waals surface area contributed by atoms with Crippen LogP contribution in [0.1, 0.15) is 41.6 Å². The largest absolute Gasteiger partial charge is 0.294 e.